The summed E-state index contributed by atoms with van der Waals surface area (Å²) in [5.41, 5.74) is 9.11. The summed E-state index contributed by atoms with van der Waals surface area (Å²) in [5, 5.41) is 2.92. The molecule has 1 amide bonds. The molecular formula is C15H23N3O2. The Kier molecular flexibility index (Phi) is 5.24. The molecule has 1 aromatic carbocycles. The summed E-state index contributed by atoms with van der Waals surface area (Å²) in [7, 11) is 1.66. The molecule has 2 rings (SSSR count). The minimum absolute atomic E-state index is 0.0522. The van der Waals surface area contributed by atoms with Crippen molar-refractivity contribution in [2.24, 2.45) is 0 Å². The minimum atomic E-state index is 0.0522. The maximum Gasteiger partial charge on any atom is 0.239 e. The molecular weight excluding hydrogens is 254 g/mol. The van der Waals surface area contributed by atoms with Crippen LogP contribution in [0, 0.1) is 0 Å². The lowest BCUT2D eigenvalue weighted by atomic mass is 10.00. The van der Waals surface area contributed by atoms with Crippen molar-refractivity contribution in [3.8, 4) is 0 Å². The topological polar surface area (TPSA) is 67.6 Å². The maximum absolute atomic E-state index is 11.9. The molecule has 0 radical (unpaired) electrons. The molecule has 0 aromatic heterocycles. The first kappa shape index (κ1) is 14.7. The largest absolute Gasteiger partial charge is 0.398 e. The van der Waals surface area contributed by atoms with Gasteiger partial charge in [0.25, 0.3) is 0 Å². The predicted molar refractivity (Wildman–Crippen MR) is 80.9 cm³/mol. The molecule has 0 unspecified atom stereocenters. The molecule has 20 heavy (non-hydrogen) atoms. The number of amides is 1. The Balaban J connectivity index is 1.91. The molecule has 0 saturated heterocycles. The Morgan fingerprint density at radius 3 is 3.15 bits per heavy atom. The van der Waals surface area contributed by atoms with Gasteiger partial charge in [0.2, 0.25) is 5.91 Å². The smallest absolute Gasteiger partial charge is 0.239 e. The van der Waals surface area contributed by atoms with E-state index < -0.39 is 0 Å². The number of nitrogens with one attached hydrogen (secondary N) is 1. The van der Waals surface area contributed by atoms with E-state index in [1.165, 1.54) is 5.56 Å². The van der Waals surface area contributed by atoms with E-state index in [0.29, 0.717) is 19.7 Å². The number of anilines is 2. The Hall–Kier alpha value is -1.75. The third kappa shape index (κ3) is 3.63. The number of benzene rings is 1. The summed E-state index contributed by atoms with van der Waals surface area (Å²) in [4.78, 5) is 14.1. The molecule has 0 spiro atoms. The highest BCUT2D eigenvalue weighted by atomic mass is 16.5. The van der Waals surface area contributed by atoms with Gasteiger partial charge in [-0.15, -0.1) is 0 Å². The van der Waals surface area contributed by atoms with Gasteiger partial charge in [-0.2, -0.15) is 0 Å². The van der Waals surface area contributed by atoms with Crippen molar-refractivity contribution >= 4 is 17.3 Å². The number of fused-ring (bicyclic) bond motifs is 1. The third-order valence-electron chi connectivity index (χ3n) is 3.56. The molecule has 5 nitrogen and oxygen atoms in total. The fraction of sp³-hybridized carbons (Fsp3) is 0.533. The van der Waals surface area contributed by atoms with E-state index >= 15 is 0 Å². The second-order valence-corrected chi connectivity index (χ2v) is 5.07. The SMILES string of the molecule is COCCCNC(=O)CN1CCCc2c(N)cccc21. The van der Waals surface area contributed by atoms with E-state index in [0.717, 1.165) is 37.2 Å². The summed E-state index contributed by atoms with van der Waals surface area (Å²) >= 11 is 0. The van der Waals surface area contributed by atoms with Crippen molar-refractivity contribution in [3.63, 3.8) is 0 Å². The van der Waals surface area contributed by atoms with Gasteiger partial charge < -0.3 is 20.7 Å². The zero-order valence-electron chi connectivity index (χ0n) is 12.0. The van der Waals surface area contributed by atoms with E-state index in [9.17, 15) is 4.79 Å². The number of nitrogens with zero attached hydrogens (tertiary/aromatic N) is 1. The van der Waals surface area contributed by atoms with Crippen LogP contribution in [0.2, 0.25) is 0 Å². The Labute approximate surface area is 120 Å². The van der Waals surface area contributed by atoms with Crippen LogP contribution in [0.15, 0.2) is 18.2 Å². The van der Waals surface area contributed by atoms with E-state index in [2.05, 4.69) is 10.2 Å². The zero-order valence-corrected chi connectivity index (χ0v) is 12.0. The van der Waals surface area contributed by atoms with Gasteiger partial charge in [0.15, 0.2) is 0 Å². The van der Waals surface area contributed by atoms with E-state index in [4.69, 9.17) is 10.5 Å². The van der Waals surface area contributed by atoms with Crippen molar-refractivity contribution in [2.75, 3.05) is 44.0 Å². The van der Waals surface area contributed by atoms with E-state index in [1.54, 1.807) is 7.11 Å². The molecule has 110 valence electrons. The first-order valence-corrected chi connectivity index (χ1v) is 7.10. The van der Waals surface area contributed by atoms with E-state index in [1.807, 2.05) is 18.2 Å². The molecule has 0 fully saturated rings. The van der Waals surface area contributed by atoms with Crippen molar-refractivity contribution in [2.45, 2.75) is 19.3 Å². The van der Waals surface area contributed by atoms with E-state index in [-0.39, 0.29) is 5.91 Å². The lowest BCUT2D eigenvalue weighted by Gasteiger charge is -2.31. The minimum Gasteiger partial charge on any atom is -0.398 e. The number of ether oxygens (including phenoxy) is 1. The van der Waals surface area contributed by atoms with Gasteiger partial charge in [0, 0.05) is 38.2 Å². The highest BCUT2D eigenvalue weighted by Gasteiger charge is 2.20. The van der Waals surface area contributed by atoms with Crippen molar-refractivity contribution in [1.29, 1.82) is 0 Å². The summed E-state index contributed by atoms with van der Waals surface area (Å²) in [6, 6.07) is 5.92. The average molecular weight is 277 g/mol. The molecule has 1 aromatic rings. The molecule has 1 aliphatic rings. The standard InChI is InChI=1S/C15H23N3O2/c1-20-10-4-8-17-15(19)11-18-9-3-5-12-13(16)6-2-7-14(12)18/h2,6-7H,3-5,8-11,16H2,1H3,(H,17,19). The van der Waals surface area contributed by atoms with Gasteiger partial charge in [-0.25, -0.2) is 0 Å². The summed E-state index contributed by atoms with van der Waals surface area (Å²) in [6.07, 6.45) is 2.87. The molecule has 3 N–H and O–H groups in total. The van der Waals surface area contributed by atoms with Crippen molar-refractivity contribution < 1.29 is 9.53 Å². The van der Waals surface area contributed by atoms with Gasteiger partial charge in [0.1, 0.15) is 0 Å². The fourth-order valence-electron chi connectivity index (χ4n) is 2.57. The molecule has 0 bridgehead atoms. The molecule has 0 aliphatic carbocycles. The lowest BCUT2D eigenvalue weighted by molar-refractivity contribution is -0.119. The number of nitrogens with two attached hydrogens (primary N) is 1. The van der Waals surface area contributed by atoms with Crippen LogP contribution in [0.3, 0.4) is 0 Å². The monoisotopic (exact) mass is 277 g/mol. The number of nitrogen functional groups attached to an aromatic ring is 1. The normalized spacial score (nSPS) is 13.9. The second kappa shape index (κ2) is 7.14. The molecule has 1 heterocycles. The number of methoxy groups -OCH3 is 1. The molecule has 0 atom stereocenters. The number of hydrogen-bond acceptors (Lipinski definition) is 4. The summed E-state index contributed by atoms with van der Waals surface area (Å²) < 4.78 is 4.96. The second-order valence-electron chi connectivity index (χ2n) is 5.07. The lowest BCUT2D eigenvalue weighted by Crippen LogP contribution is -2.40. The Morgan fingerprint density at radius 1 is 1.50 bits per heavy atom. The number of rotatable bonds is 6. The van der Waals surface area contributed by atoms with Crippen LogP contribution >= 0.6 is 0 Å². The molecule has 0 saturated carbocycles. The van der Waals surface area contributed by atoms with Crippen LogP contribution in [0.1, 0.15) is 18.4 Å². The van der Waals surface area contributed by atoms with Crippen molar-refractivity contribution in [1.82, 2.24) is 5.32 Å². The van der Waals surface area contributed by atoms with Crippen LogP contribution in [-0.4, -0.2) is 39.3 Å². The fourth-order valence-corrected chi connectivity index (χ4v) is 2.57. The summed E-state index contributed by atoms with van der Waals surface area (Å²) in [5.74, 6) is 0.0522. The number of hydrogen-bond donors (Lipinski definition) is 2. The highest BCUT2D eigenvalue weighted by molar-refractivity contribution is 5.82. The molecule has 5 heteroatoms. The van der Waals surface area contributed by atoms with Crippen LogP contribution in [-0.2, 0) is 16.0 Å². The Bertz CT molecular complexity index is 462. The van der Waals surface area contributed by atoms with Crippen LogP contribution in [0.5, 0.6) is 0 Å². The average Bonchev–Trinajstić information content (AvgIpc) is 2.45. The first-order chi connectivity index (χ1) is 9.72. The van der Waals surface area contributed by atoms with Crippen LogP contribution < -0.4 is 16.0 Å². The summed E-state index contributed by atoms with van der Waals surface area (Å²) in [6.45, 7) is 2.62. The van der Waals surface area contributed by atoms with Crippen molar-refractivity contribution in [3.05, 3.63) is 23.8 Å². The third-order valence-corrected chi connectivity index (χ3v) is 3.56. The quantitative estimate of drug-likeness (QED) is 0.605. The van der Waals surface area contributed by atoms with Crippen LogP contribution in [0.25, 0.3) is 0 Å². The predicted octanol–water partition coefficient (Wildman–Crippen LogP) is 1.17. The van der Waals surface area contributed by atoms with Crippen LogP contribution in [0.4, 0.5) is 11.4 Å². The van der Waals surface area contributed by atoms with Gasteiger partial charge in [-0.05, 0) is 37.0 Å². The Morgan fingerprint density at radius 2 is 2.35 bits per heavy atom. The number of carbonyl (C=O) groups excluding carboxylic acids is 1. The zero-order chi connectivity index (χ0) is 14.4. The number of carbonyl (C=O) groups is 1. The van der Waals surface area contributed by atoms with Gasteiger partial charge in [-0.1, -0.05) is 6.07 Å². The van der Waals surface area contributed by atoms with Gasteiger partial charge in [-0.3, -0.25) is 4.79 Å². The molecule has 1 aliphatic heterocycles. The van der Waals surface area contributed by atoms with Gasteiger partial charge >= 0.3 is 0 Å². The van der Waals surface area contributed by atoms with Gasteiger partial charge in [0.05, 0.1) is 6.54 Å². The highest BCUT2D eigenvalue weighted by Crippen LogP contribution is 2.30. The first-order valence-electron chi connectivity index (χ1n) is 7.10. The maximum atomic E-state index is 11.9.